The fourth-order valence-corrected chi connectivity index (χ4v) is 8.12. The standard InChI is InChI=1S/C37H34I2N6O3/c1-36(2,3)25-15-11-13-23(33(25)38)27-21-31(44(42-27)29-17-7-9-19-40-29)47-35(46)48-32-22-28(43-45(32)30-18-8-10-20-41-30)24-14-12-16-26(34(24)39)37(4,5)6/h7-22H,1-6H3. The monoisotopic (exact) mass is 864 g/mol. The highest BCUT2D eigenvalue weighted by Crippen LogP contribution is 2.37. The molecule has 0 spiro atoms. The number of rotatable bonds is 6. The molecule has 0 bridgehead atoms. The molecular weight excluding hydrogens is 830 g/mol. The summed E-state index contributed by atoms with van der Waals surface area (Å²) in [7, 11) is 0. The van der Waals surface area contributed by atoms with Crippen LogP contribution >= 0.6 is 45.2 Å². The van der Waals surface area contributed by atoms with E-state index in [9.17, 15) is 4.79 Å². The number of carbonyl (C=O) groups is 1. The van der Waals surface area contributed by atoms with Gasteiger partial charge in [0, 0.05) is 42.8 Å². The molecule has 0 aliphatic carbocycles. The molecule has 4 heterocycles. The minimum Gasteiger partial charge on any atom is -0.375 e. The van der Waals surface area contributed by atoms with E-state index in [0.717, 1.165) is 18.3 Å². The van der Waals surface area contributed by atoms with E-state index in [0.29, 0.717) is 23.0 Å². The Labute approximate surface area is 307 Å². The number of nitrogens with zero attached hydrogens (tertiary/aromatic N) is 6. The summed E-state index contributed by atoms with van der Waals surface area (Å²) in [4.78, 5) is 22.5. The van der Waals surface area contributed by atoms with Crippen LogP contribution in [0.15, 0.2) is 97.3 Å². The van der Waals surface area contributed by atoms with Gasteiger partial charge in [0.1, 0.15) is 0 Å². The van der Waals surface area contributed by atoms with Crippen LogP contribution in [0.4, 0.5) is 4.79 Å². The highest BCUT2D eigenvalue weighted by Gasteiger charge is 2.25. The van der Waals surface area contributed by atoms with Gasteiger partial charge in [-0.05, 0) is 91.4 Å². The van der Waals surface area contributed by atoms with Crippen LogP contribution in [0.1, 0.15) is 52.7 Å². The van der Waals surface area contributed by atoms with Gasteiger partial charge >= 0.3 is 6.16 Å². The zero-order valence-electron chi connectivity index (χ0n) is 27.4. The van der Waals surface area contributed by atoms with Crippen molar-refractivity contribution in [2.75, 3.05) is 0 Å². The lowest BCUT2D eigenvalue weighted by Gasteiger charge is -2.22. The number of benzene rings is 2. The van der Waals surface area contributed by atoms with E-state index >= 15 is 0 Å². The lowest BCUT2D eigenvalue weighted by Crippen LogP contribution is -2.18. The Hall–Kier alpha value is -4.11. The molecule has 48 heavy (non-hydrogen) atoms. The van der Waals surface area contributed by atoms with Crippen molar-refractivity contribution >= 4 is 51.3 Å². The molecule has 2 aromatic carbocycles. The number of ether oxygens (including phenoxy) is 2. The lowest BCUT2D eigenvalue weighted by molar-refractivity contribution is 0.145. The fourth-order valence-electron chi connectivity index (χ4n) is 5.23. The Balaban J connectivity index is 1.38. The lowest BCUT2D eigenvalue weighted by atomic mass is 9.86. The van der Waals surface area contributed by atoms with E-state index in [-0.39, 0.29) is 22.6 Å². The van der Waals surface area contributed by atoms with Gasteiger partial charge in [0.25, 0.3) is 0 Å². The van der Waals surface area contributed by atoms with E-state index in [2.05, 4.69) is 109 Å². The van der Waals surface area contributed by atoms with Gasteiger partial charge in [-0.15, -0.1) is 0 Å². The summed E-state index contributed by atoms with van der Waals surface area (Å²) in [5.74, 6) is 1.29. The molecule has 9 nitrogen and oxygen atoms in total. The molecular formula is C37H34I2N6O3. The average molecular weight is 865 g/mol. The van der Waals surface area contributed by atoms with Crippen LogP contribution in [-0.4, -0.2) is 35.7 Å². The number of halogens is 2. The first-order chi connectivity index (χ1) is 22.8. The quantitative estimate of drug-likeness (QED) is 0.122. The highest BCUT2D eigenvalue weighted by atomic mass is 127. The van der Waals surface area contributed by atoms with E-state index in [1.54, 1.807) is 36.7 Å². The van der Waals surface area contributed by atoms with Crippen molar-refractivity contribution in [3.8, 4) is 45.9 Å². The fraction of sp³-hybridized carbons (Fsp3) is 0.216. The molecule has 0 radical (unpaired) electrons. The van der Waals surface area contributed by atoms with Crippen LogP contribution in [0.3, 0.4) is 0 Å². The molecule has 0 atom stereocenters. The summed E-state index contributed by atoms with van der Waals surface area (Å²) in [5, 5.41) is 9.66. The Morgan fingerprint density at radius 2 is 1.02 bits per heavy atom. The molecule has 0 amide bonds. The second kappa shape index (κ2) is 13.4. The zero-order chi connectivity index (χ0) is 34.2. The molecule has 6 rings (SSSR count). The summed E-state index contributed by atoms with van der Waals surface area (Å²) >= 11 is 4.71. The van der Waals surface area contributed by atoms with Crippen LogP contribution < -0.4 is 9.47 Å². The molecule has 0 N–H and O–H groups in total. The van der Waals surface area contributed by atoms with Crippen molar-refractivity contribution in [1.29, 1.82) is 0 Å². The maximum Gasteiger partial charge on any atom is 0.522 e. The average Bonchev–Trinajstić information content (AvgIpc) is 3.65. The molecule has 0 saturated carbocycles. The molecule has 0 unspecified atom stereocenters. The first-order valence-corrected chi connectivity index (χ1v) is 17.5. The van der Waals surface area contributed by atoms with E-state index in [1.807, 2.05) is 48.5 Å². The predicted octanol–water partition coefficient (Wildman–Crippen LogP) is 9.56. The third-order valence-electron chi connectivity index (χ3n) is 7.63. The largest absolute Gasteiger partial charge is 0.522 e. The summed E-state index contributed by atoms with van der Waals surface area (Å²) in [5.41, 5.74) is 5.34. The summed E-state index contributed by atoms with van der Waals surface area (Å²) < 4.78 is 16.9. The van der Waals surface area contributed by atoms with Crippen molar-refractivity contribution in [3.63, 3.8) is 0 Å². The molecule has 0 fully saturated rings. The first-order valence-electron chi connectivity index (χ1n) is 15.3. The topological polar surface area (TPSA) is 97.0 Å². The van der Waals surface area contributed by atoms with Crippen LogP contribution in [0.25, 0.3) is 34.2 Å². The van der Waals surface area contributed by atoms with Gasteiger partial charge < -0.3 is 9.47 Å². The Bertz CT molecular complexity index is 1950. The molecule has 244 valence electrons. The Morgan fingerprint density at radius 3 is 1.38 bits per heavy atom. The van der Waals surface area contributed by atoms with Gasteiger partial charge in [-0.2, -0.15) is 19.6 Å². The number of hydrogen-bond acceptors (Lipinski definition) is 7. The van der Waals surface area contributed by atoms with Gasteiger partial charge in [0.15, 0.2) is 11.6 Å². The molecule has 4 aromatic heterocycles. The third-order valence-corrected chi connectivity index (χ3v) is 9.95. The van der Waals surface area contributed by atoms with E-state index in [4.69, 9.17) is 19.7 Å². The minimum absolute atomic E-state index is 0.0687. The second-order valence-corrected chi connectivity index (χ2v) is 15.4. The van der Waals surface area contributed by atoms with Crippen molar-refractivity contribution in [2.45, 2.75) is 52.4 Å². The molecule has 0 saturated heterocycles. The number of hydrogen-bond donors (Lipinski definition) is 0. The van der Waals surface area contributed by atoms with Crippen LogP contribution in [-0.2, 0) is 10.8 Å². The minimum atomic E-state index is -0.960. The summed E-state index contributed by atoms with van der Waals surface area (Å²) in [6.07, 6.45) is 2.36. The Morgan fingerprint density at radius 1 is 0.604 bits per heavy atom. The maximum absolute atomic E-state index is 13.6. The predicted molar refractivity (Wildman–Crippen MR) is 203 cm³/mol. The normalized spacial score (nSPS) is 11.8. The number of aromatic nitrogens is 6. The van der Waals surface area contributed by atoms with Crippen LogP contribution in [0, 0.1) is 7.14 Å². The molecule has 6 aromatic rings. The van der Waals surface area contributed by atoms with Crippen molar-refractivity contribution in [3.05, 3.63) is 116 Å². The molecule has 0 aliphatic rings. The van der Waals surface area contributed by atoms with Gasteiger partial charge in [-0.3, -0.25) is 0 Å². The van der Waals surface area contributed by atoms with Crippen LogP contribution in [0.2, 0.25) is 0 Å². The number of carbonyl (C=O) groups excluding carboxylic acids is 1. The summed E-state index contributed by atoms with van der Waals surface area (Å²) in [6, 6.07) is 26.6. The Kier molecular flexibility index (Phi) is 9.44. The molecule has 11 heteroatoms. The van der Waals surface area contributed by atoms with Crippen molar-refractivity contribution in [1.82, 2.24) is 29.5 Å². The smallest absolute Gasteiger partial charge is 0.375 e. The second-order valence-electron chi connectivity index (χ2n) is 13.2. The SMILES string of the molecule is CC(C)(C)c1cccc(-c2cc(OC(=O)Oc3cc(-c4cccc(C(C)(C)C)c4I)nn3-c3ccccn3)n(-c3ccccn3)n2)c1I. The van der Waals surface area contributed by atoms with Gasteiger partial charge in [-0.25, -0.2) is 14.8 Å². The van der Waals surface area contributed by atoms with Gasteiger partial charge in [-0.1, -0.05) is 90.1 Å². The van der Waals surface area contributed by atoms with Crippen molar-refractivity contribution in [2.24, 2.45) is 0 Å². The van der Waals surface area contributed by atoms with E-state index in [1.165, 1.54) is 20.5 Å². The molecule has 0 aliphatic heterocycles. The number of pyridine rings is 2. The zero-order valence-corrected chi connectivity index (χ0v) is 31.7. The van der Waals surface area contributed by atoms with Crippen molar-refractivity contribution < 1.29 is 14.3 Å². The van der Waals surface area contributed by atoms with Gasteiger partial charge in [0.05, 0.1) is 11.4 Å². The van der Waals surface area contributed by atoms with Gasteiger partial charge in [0.2, 0.25) is 11.8 Å². The first kappa shape index (κ1) is 33.8. The highest BCUT2D eigenvalue weighted by molar-refractivity contribution is 14.1. The maximum atomic E-state index is 13.6. The van der Waals surface area contributed by atoms with E-state index < -0.39 is 6.16 Å². The summed E-state index contributed by atoms with van der Waals surface area (Å²) in [6.45, 7) is 13.1. The third kappa shape index (κ3) is 7.02. The van der Waals surface area contributed by atoms with Crippen LogP contribution in [0.5, 0.6) is 11.8 Å².